The largest absolute Gasteiger partial charge is 0.391 e. The van der Waals surface area contributed by atoms with Gasteiger partial charge in [-0.2, -0.15) is 0 Å². The first kappa shape index (κ1) is 14.3. The van der Waals surface area contributed by atoms with Crippen LogP contribution in [0, 0.1) is 0 Å². The van der Waals surface area contributed by atoms with Crippen molar-refractivity contribution in [2.24, 2.45) is 0 Å². The van der Waals surface area contributed by atoms with Crippen molar-refractivity contribution in [1.29, 1.82) is 0 Å². The minimum Gasteiger partial charge on any atom is -0.391 e. The molecule has 1 amide bonds. The van der Waals surface area contributed by atoms with Gasteiger partial charge in [0.25, 0.3) is 5.91 Å². The lowest BCUT2D eigenvalue weighted by atomic mass is 9.98. The zero-order valence-corrected chi connectivity index (χ0v) is 11.4. The molecule has 1 atom stereocenters. The van der Waals surface area contributed by atoms with E-state index in [1.165, 1.54) is 12.1 Å². The van der Waals surface area contributed by atoms with Crippen LogP contribution in [-0.2, 0) is 0 Å². The number of carbonyl (C=O) groups is 1. The molecular weight excluding hydrogens is 261 g/mol. The summed E-state index contributed by atoms with van der Waals surface area (Å²) >= 11 is 11.6. The lowest BCUT2D eigenvalue weighted by Gasteiger charge is -2.29. The van der Waals surface area contributed by atoms with Crippen LogP contribution in [0.3, 0.4) is 0 Å². The van der Waals surface area contributed by atoms with Gasteiger partial charge in [-0.05, 0) is 39.0 Å². The quantitative estimate of drug-likeness (QED) is 0.891. The van der Waals surface area contributed by atoms with Gasteiger partial charge in [-0.25, -0.2) is 0 Å². The van der Waals surface area contributed by atoms with E-state index in [0.717, 1.165) is 0 Å². The Morgan fingerprint density at radius 1 is 1.29 bits per heavy atom. The predicted molar refractivity (Wildman–Crippen MR) is 69.7 cm³/mol. The molecule has 1 aromatic rings. The van der Waals surface area contributed by atoms with Crippen LogP contribution in [0.5, 0.6) is 0 Å². The molecule has 0 bridgehead atoms. The lowest BCUT2D eigenvalue weighted by molar-refractivity contribution is 0.0709. The number of halogens is 2. The van der Waals surface area contributed by atoms with Crippen LogP contribution in [0.15, 0.2) is 18.2 Å². The minimum absolute atomic E-state index is 0.319. The highest BCUT2D eigenvalue weighted by molar-refractivity contribution is 6.35. The minimum atomic E-state index is -0.716. The molecular formula is C12H15Cl2NO2. The molecule has 17 heavy (non-hydrogen) atoms. The average Bonchev–Trinajstić information content (AvgIpc) is 2.15. The Balaban J connectivity index is 2.91. The van der Waals surface area contributed by atoms with Gasteiger partial charge in [0.2, 0.25) is 0 Å². The second-order valence-corrected chi connectivity index (χ2v) is 5.38. The van der Waals surface area contributed by atoms with Crippen molar-refractivity contribution in [3.05, 3.63) is 33.8 Å². The Bertz CT molecular complexity index is 410. The second-order valence-electron chi connectivity index (χ2n) is 4.51. The number of hydrogen-bond donors (Lipinski definition) is 2. The molecule has 0 aliphatic carbocycles. The zero-order valence-electron chi connectivity index (χ0n) is 9.92. The van der Waals surface area contributed by atoms with Gasteiger partial charge >= 0.3 is 0 Å². The van der Waals surface area contributed by atoms with E-state index in [0.29, 0.717) is 15.6 Å². The maximum atomic E-state index is 11.9. The molecule has 1 aromatic carbocycles. The molecule has 0 heterocycles. The summed E-state index contributed by atoms with van der Waals surface area (Å²) in [7, 11) is 0. The molecule has 0 saturated heterocycles. The van der Waals surface area contributed by atoms with Gasteiger partial charge in [-0.1, -0.05) is 23.2 Å². The van der Waals surface area contributed by atoms with E-state index >= 15 is 0 Å². The smallest absolute Gasteiger partial charge is 0.251 e. The number of carbonyl (C=O) groups excluding carboxylic acids is 1. The van der Waals surface area contributed by atoms with Crippen molar-refractivity contribution < 1.29 is 9.90 Å². The molecule has 1 rings (SSSR count). The Morgan fingerprint density at radius 3 is 2.18 bits per heavy atom. The van der Waals surface area contributed by atoms with E-state index in [-0.39, 0.29) is 5.91 Å². The molecule has 3 nitrogen and oxygen atoms in total. The van der Waals surface area contributed by atoms with E-state index in [9.17, 15) is 9.90 Å². The summed E-state index contributed by atoms with van der Waals surface area (Å²) in [6.45, 7) is 5.09. The van der Waals surface area contributed by atoms with Crippen LogP contribution >= 0.6 is 23.2 Å². The highest BCUT2D eigenvalue weighted by Gasteiger charge is 2.26. The van der Waals surface area contributed by atoms with Crippen LogP contribution < -0.4 is 5.32 Å². The van der Waals surface area contributed by atoms with Gasteiger partial charge in [0.15, 0.2) is 0 Å². The first-order valence-corrected chi connectivity index (χ1v) is 5.94. The molecule has 0 aliphatic rings. The summed E-state index contributed by atoms with van der Waals surface area (Å²) in [5, 5.41) is 13.0. The summed E-state index contributed by atoms with van der Waals surface area (Å²) in [6.07, 6.45) is -0.666. The number of nitrogens with one attached hydrogen (secondary N) is 1. The Labute approximate surface area is 111 Å². The number of benzene rings is 1. The number of aliphatic hydroxyl groups excluding tert-OH is 1. The topological polar surface area (TPSA) is 49.3 Å². The van der Waals surface area contributed by atoms with Crippen LogP contribution in [0.4, 0.5) is 0 Å². The van der Waals surface area contributed by atoms with Crippen molar-refractivity contribution in [2.75, 3.05) is 0 Å². The highest BCUT2D eigenvalue weighted by Crippen LogP contribution is 2.20. The van der Waals surface area contributed by atoms with Gasteiger partial charge in [0, 0.05) is 15.6 Å². The van der Waals surface area contributed by atoms with Crippen molar-refractivity contribution >= 4 is 29.1 Å². The number of hydrogen-bond acceptors (Lipinski definition) is 2. The van der Waals surface area contributed by atoms with E-state index in [1.807, 2.05) is 0 Å². The van der Waals surface area contributed by atoms with Gasteiger partial charge in [0.05, 0.1) is 11.6 Å². The summed E-state index contributed by atoms with van der Waals surface area (Å²) in [6, 6.07) is 4.61. The molecule has 0 saturated carbocycles. The maximum absolute atomic E-state index is 11.9. The predicted octanol–water partition coefficient (Wildman–Crippen LogP) is 2.88. The molecule has 0 fully saturated rings. The van der Waals surface area contributed by atoms with Crippen molar-refractivity contribution in [1.82, 2.24) is 5.32 Å². The first-order valence-electron chi connectivity index (χ1n) is 5.19. The molecule has 94 valence electrons. The normalized spacial score (nSPS) is 13.3. The highest BCUT2D eigenvalue weighted by atomic mass is 35.5. The van der Waals surface area contributed by atoms with Gasteiger partial charge in [-0.3, -0.25) is 4.79 Å². The fraction of sp³-hybridized carbons (Fsp3) is 0.417. The molecule has 0 aliphatic heterocycles. The van der Waals surface area contributed by atoms with E-state index < -0.39 is 11.6 Å². The van der Waals surface area contributed by atoms with Crippen LogP contribution in [0.25, 0.3) is 0 Å². The van der Waals surface area contributed by atoms with Crippen molar-refractivity contribution in [2.45, 2.75) is 32.4 Å². The molecule has 1 unspecified atom stereocenters. The van der Waals surface area contributed by atoms with Crippen LogP contribution in [-0.4, -0.2) is 22.7 Å². The standard InChI is InChI=1S/C12H15Cl2NO2/c1-7(16)12(2,3)15-11(17)8-4-9(13)6-10(14)5-8/h4-7,16H,1-3H3,(H,15,17). The average molecular weight is 276 g/mol. The lowest BCUT2D eigenvalue weighted by Crippen LogP contribution is -2.50. The Hall–Kier alpha value is -0.770. The first-order chi connectivity index (χ1) is 7.72. The molecule has 5 heteroatoms. The van der Waals surface area contributed by atoms with E-state index in [4.69, 9.17) is 23.2 Å². The fourth-order valence-electron chi connectivity index (χ4n) is 1.15. The van der Waals surface area contributed by atoms with Crippen molar-refractivity contribution in [3.63, 3.8) is 0 Å². The van der Waals surface area contributed by atoms with Gasteiger partial charge in [-0.15, -0.1) is 0 Å². The molecule has 0 aromatic heterocycles. The molecule has 2 N–H and O–H groups in total. The summed E-state index contributed by atoms with van der Waals surface area (Å²) in [5.41, 5.74) is -0.345. The van der Waals surface area contributed by atoms with Crippen molar-refractivity contribution in [3.8, 4) is 0 Å². The third-order valence-corrected chi connectivity index (χ3v) is 3.04. The molecule has 0 spiro atoms. The summed E-state index contributed by atoms with van der Waals surface area (Å²) < 4.78 is 0. The SMILES string of the molecule is CC(O)C(C)(C)NC(=O)c1cc(Cl)cc(Cl)c1. The van der Waals surface area contributed by atoms with Gasteiger partial charge in [0.1, 0.15) is 0 Å². The van der Waals surface area contributed by atoms with Crippen LogP contribution in [0.1, 0.15) is 31.1 Å². The monoisotopic (exact) mass is 275 g/mol. The Morgan fingerprint density at radius 2 is 1.76 bits per heavy atom. The van der Waals surface area contributed by atoms with Gasteiger partial charge < -0.3 is 10.4 Å². The van der Waals surface area contributed by atoms with E-state index in [1.54, 1.807) is 26.8 Å². The summed E-state index contributed by atoms with van der Waals surface area (Å²) in [5.74, 6) is -0.319. The fourth-order valence-corrected chi connectivity index (χ4v) is 1.68. The summed E-state index contributed by atoms with van der Waals surface area (Å²) in [4.78, 5) is 11.9. The molecule has 0 radical (unpaired) electrons. The number of amides is 1. The number of aliphatic hydroxyl groups is 1. The third kappa shape index (κ3) is 3.87. The zero-order chi connectivity index (χ0) is 13.2. The third-order valence-electron chi connectivity index (χ3n) is 2.60. The second kappa shape index (κ2) is 5.25. The maximum Gasteiger partial charge on any atom is 0.251 e. The Kier molecular flexibility index (Phi) is 4.42. The number of rotatable bonds is 3. The van der Waals surface area contributed by atoms with E-state index in [2.05, 4.69) is 5.32 Å². The van der Waals surface area contributed by atoms with Crippen LogP contribution in [0.2, 0.25) is 10.0 Å².